The average molecular weight is 482 g/mol. The lowest BCUT2D eigenvalue weighted by Crippen LogP contribution is -2.56. The number of hydrogen-bond donors (Lipinski definition) is 2. The summed E-state index contributed by atoms with van der Waals surface area (Å²) in [7, 11) is 3.34. The Morgan fingerprint density at radius 3 is 2.53 bits per heavy atom. The molecule has 3 aliphatic rings. The lowest BCUT2D eigenvalue weighted by molar-refractivity contribution is -0.126. The maximum absolute atomic E-state index is 12.5. The lowest BCUT2D eigenvalue weighted by atomic mass is 9.68. The van der Waals surface area contributed by atoms with E-state index in [4.69, 9.17) is 18.9 Å². The summed E-state index contributed by atoms with van der Waals surface area (Å²) in [5.41, 5.74) is 0.511. The van der Waals surface area contributed by atoms with Crippen LogP contribution >= 0.6 is 0 Å². The van der Waals surface area contributed by atoms with Crippen LogP contribution in [0, 0.1) is 5.92 Å². The van der Waals surface area contributed by atoms with Gasteiger partial charge in [-0.25, -0.2) is 4.79 Å². The van der Waals surface area contributed by atoms with E-state index in [0.717, 1.165) is 12.8 Å². The molecule has 1 saturated carbocycles. The van der Waals surface area contributed by atoms with Crippen molar-refractivity contribution >= 4 is 17.9 Å². The van der Waals surface area contributed by atoms with Crippen molar-refractivity contribution in [1.29, 1.82) is 0 Å². The Labute approximate surface area is 201 Å². The first-order valence-corrected chi connectivity index (χ1v) is 11.9. The fourth-order valence-corrected chi connectivity index (χ4v) is 5.14. The maximum atomic E-state index is 12.5. The van der Waals surface area contributed by atoms with Crippen LogP contribution in [0.4, 0.5) is 4.79 Å². The summed E-state index contributed by atoms with van der Waals surface area (Å²) in [6.07, 6.45) is 2.67. The van der Waals surface area contributed by atoms with E-state index in [2.05, 4.69) is 37.5 Å². The SMILES string of the molecule is COC1C(OC(=O)NC(=O)CN(C)CCNC(C)=O)CC[C@]2(CO2)C1C1(C)O[C@@H]1CC=C(C)C. The first-order valence-electron chi connectivity index (χ1n) is 11.9. The van der Waals surface area contributed by atoms with Crippen molar-refractivity contribution in [2.45, 2.75) is 76.5 Å². The molecule has 6 atom stereocenters. The molecule has 0 aromatic carbocycles. The van der Waals surface area contributed by atoms with Crippen LogP contribution < -0.4 is 10.6 Å². The Morgan fingerprint density at radius 2 is 1.94 bits per heavy atom. The third-order valence-corrected chi connectivity index (χ3v) is 7.02. The van der Waals surface area contributed by atoms with Crippen LogP contribution in [-0.2, 0) is 28.5 Å². The van der Waals surface area contributed by atoms with Crippen molar-refractivity contribution in [3.05, 3.63) is 11.6 Å². The Bertz CT molecular complexity index is 808. The standard InChI is InChI=1S/C24H39N3O7/c1-15(2)7-8-18-23(4,34-18)21-20(31-6)17(9-10-24(21)14-32-24)33-22(30)26-19(29)13-27(5)12-11-25-16(3)28/h7,17-18,20-21H,8-14H2,1-6H3,(H,25,28)(H,26,29,30)/t17?,18-,20?,21?,23?,24+/m1/s1. The molecular weight excluding hydrogens is 442 g/mol. The highest BCUT2D eigenvalue weighted by molar-refractivity contribution is 5.92. The van der Waals surface area contributed by atoms with E-state index in [0.29, 0.717) is 26.1 Å². The van der Waals surface area contributed by atoms with Crippen molar-refractivity contribution in [3.63, 3.8) is 0 Å². The normalized spacial score (nSPS) is 33.9. The first kappa shape index (κ1) is 26.6. The number of nitrogens with zero attached hydrogens (tertiary/aromatic N) is 1. The van der Waals surface area contributed by atoms with Gasteiger partial charge in [0.15, 0.2) is 0 Å². The monoisotopic (exact) mass is 481 g/mol. The summed E-state index contributed by atoms with van der Waals surface area (Å²) in [6.45, 7) is 9.19. The third-order valence-electron chi connectivity index (χ3n) is 7.02. The summed E-state index contributed by atoms with van der Waals surface area (Å²) >= 11 is 0. The van der Waals surface area contributed by atoms with Crippen LogP contribution in [0.1, 0.15) is 47.0 Å². The van der Waals surface area contributed by atoms with E-state index in [9.17, 15) is 14.4 Å². The van der Waals surface area contributed by atoms with Gasteiger partial charge in [-0.3, -0.25) is 19.8 Å². The molecule has 0 radical (unpaired) electrons. The smallest absolute Gasteiger partial charge is 0.414 e. The number of hydrogen-bond acceptors (Lipinski definition) is 8. The predicted molar refractivity (Wildman–Crippen MR) is 124 cm³/mol. The van der Waals surface area contributed by atoms with Gasteiger partial charge in [-0.2, -0.15) is 0 Å². The van der Waals surface area contributed by atoms with Gasteiger partial charge in [-0.1, -0.05) is 11.6 Å². The molecule has 0 bridgehead atoms. The van der Waals surface area contributed by atoms with Gasteiger partial charge in [-0.05, 0) is 47.1 Å². The number of allylic oxidation sites excluding steroid dienone is 1. The quantitative estimate of drug-likeness (QED) is 0.355. The molecule has 4 unspecified atom stereocenters. The molecule has 2 aliphatic heterocycles. The summed E-state index contributed by atoms with van der Waals surface area (Å²) in [6, 6.07) is 0. The summed E-state index contributed by atoms with van der Waals surface area (Å²) < 4.78 is 23.6. The Morgan fingerprint density at radius 1 is 1.24 bits per heavy atom. The predicted octanol–water partition coefficient (Wildman–Crippen LogP) is 1.38. The Balaban J connectivity index is 1.55. The number of methoxy groups -OCH3 is 1. The number of rotatable bonds is 10. The molecule has 3 fully saturated rings. The molecular formula is C24H39N3O7. The minimum absolute atomic E-state index is 0.00455. The fraction of sp³-hybridized carbons (Fsp3) is 0.792. The molecule has 0 aromatic rings. The van der Waals surface area contributed by atoms with Crippen LogP contribution in [0.15, 0.2) is 11.6 Å². The highest BCUT2D eigenvalue weighted by Crippen LogP contribution is 2.59. The van der Waals surface area contributed by atoms with Gasteiger partial charge in [0, 0.05) is 27.1 Å². The molecule has 3 rings (SSSR count). The Kier molecular flexibility index (Phi) is 8.38. The van der Waals surface area contributed by atoms with E-state index in [-0.39, 0.29) is 30.1 Å². The topological polar surface area (TPSA) is 122 Å². The van der Waals surface area contributed by atoms with Crippen molar-refractivity contribution in [3.8, 4) is 0 Å². The number of likely N-dealkylation sites (N-methyl/N-ethyl adjacent to an activating group) is 1. The molecule has 2 heterocycles. The van der Waals surface area contributed by atoms with Crippen LogP contribution in [0.5, 0.6) is 0 Å². The van der Waals surface area contributed by atoms with E-state index < -0.39 is 29.8 Å². The van der Waals surface area contributed by atoms with Crippen LogP contribution in [0.3, 0.4) is 0 Å². The maximum Gasteiger partial charge on any atom is 0.414 e. The highest BCUT2D eigenvalue weighted by Gasteiger charge is 2.72. The summed E-state index contributed by atoms with van der Waals surface area (Å²) in [4.78, 5) is 37.4. The van der Waals surface area contributed by atoms with Crippen molar-refractivity contribution in [2.75, 3.05) is 40.4 Å². The number of epoxide rings is 2. The zero-order chi connectivity index (χ0) is 25.1. The average Bonchev–Trinajstić information content (AvgIpc) is 3.64. The number of imide groups is 1. The molecule has 1 spiro atoms. The van der Waals surface area contributed by atoms with E-state index in [1.807, 2.05) is 0 Å². The van der Waals surface area contributed by atoms with E-state index in [1.54, 1.807) is 19.1 Å². The van der Waals surface area contributed by atoms with Gasteiger partial charge in [0.1, 0.15) is 23.4 Å². The summed E-state index contributed by atoms with van der Waals surface area (Å²) in [5.74, 6) is -0.687. The highest BCUT2D eigenvalue weighted by atomic mass is 16.6. The molecule has 2 saturated heterocycles. The van der Waals surface area contributed by atoms with E-state index >= 15 is 0 Å². The number of nitrogens with one attached hydrogen (secondary N) is 2. The second-order valence-electron chi connectivity index (χ2n) is 10.1. The number of alkyl carbamates (subject to hydrolysis) is 1. The molecule has 2 N–H and O–H groups in total. The molecule has 10 heteroatoms. The first-order chi connectivity index (χ1) is 16.0. The zero-order valence-corrected chi connectivity index (χ0v) is 21.1. The fourth-order valence-electron chi connectivity index (χ4n) is 5.14. The number of carbonyl (C=O) groups excluding carboxylic acids is 3. The molecule has 0 aromatic heterocycles. The van der Waals surface area contributed by atoms with Gasteiger partial charge in [-0.15, -0.1) is 0 Å². The van der Waals surface area contributed by atoms with Crippen LogP contribution in [0.25, 0.3) is 0 Å². The Hall–Kier alpha value is -2.01. The third kappa shape index (κ3) is 6.35. The van der Waals surface area contributed by atoms with Crippen molar-refractivity contribution in [1.82, 2.24) is 15.5 Å². The van der Waals surface area contributed by atoms with Gasteiger partial charge < -0.3 is 24.3 Å². The second-order valence-corrected chi connectivity index (χ2v) is 10.1. The van der Waals surface area contributed by atoms with Crippen molar-refractivity contribution < 1.29 is 33.3 Å². The van der Waals surface area contributed by atoms with Gasteiger partial charge in [0.2, 0.25) is 11.8 Å². The molecule has 10 nitrogen and oxygen atoms in total. The van der Waals surface area contributed by atoms with E-state index in [1.165, 1.54) is 12.5 Å². The minimum Gasteiger partial charge on any atom is -0.443 e. The largest absolute Gasteiger partial charge is 0.443 e. The molecule has 34 heavy (non-hydrogen) atoms. The minimum atomic E-state index is -0.790. The number of amides is 3. The second kappa shape index (κ2) is 10.7. The lowest BCUT2D eigenvalue weighted by Gasteiger charge is -2.42. The molecule has 3 amide bonds. The summed E-state index contributed by atoms with van der Waals surface area (Å²) in [5, 5.41) is 4.96. The van der Waals surface area contributed by atoms with Crippen molar-refractivity contribution in [2.24, 2.45) is 5.92 Å². The molecule has 192 valence electrons. The van der Waals surface area contributed by atoms with Gasteiger partial charge >= 0.3 is 6.09 Å². The van der Waals surface area contributed by atoms with Crippen LogP contribution in [-0.4, -0.2) is 92.7 Å². The van der Waals surface area contributed by atoms with Gasteiger partial charge in [0.05, 0.1) is 25.2 Å². The zero-order valence-electron chi connectivity index (χ0n) is 21.1. The molecule has 1 aliphatic carbocycles. The van der Waals surface area contributed by atoms with Gasteiger partial charge in [0.25, 0.3) is 0 Å². The van der Waals surface area contributed by atoms with Crippen LogP contribution in [0.2, 0.25) is 0 Å². The number of carbonyl (C=O) groups is 3. The number of ether oxygens (including phenoxy) is 4.